The monoisotopic (exact) mass is 205 g/mol. The highest BCUT2D eigenvalue weighted by Crippen LogP contribution is 2.26. The van der Waals surface area contributed by atoms with Crippen molar-refractivity contribution in [2.75, 3.05) is 0 Å². The van der Waals surface area contributed by atoms with Gasteiger partial charge in [-0.3, -0.25) is 4.98 Å². The van der Waals surface area contributed by atoms with Gasteiger partial charge >= 0.3 is 0 Å². The molecule has 0 amide bonds. The molecule has 0 bridgehead atoms. The minimum Gasteiger partial charge on any atom is -0.393 e. The van der Waals surface area contributed by atoms with E-state index in [0.29, 0.717) is 5.92 Å². The smallest absolute Gasteiger partial charge is 0.0571 e. The van der Waals surface area contributed by atoms with E-state index in [0.717, 1.165) is 19.3 Å². The maximum Gasteiger partial charge on any atom is 0.0571 e. The molecule has 0 radical (unpaired) electrons. The van der Waals surface area contributed by atoms with Crippen molar-refractivity contribution in [1.82, 2.24) is 4.98 Å². The number of hydrogen-bond donors (Lipinski definition) is 1. The molecule has 0 saturated heterocycles. The molecule has 2 heteroatoms. The standard InChI is InChI=1S/C13H19NO/c15-13-7-3-1-2-6-12(13)9-11-5-4-8-14-10-11/h4-5,8,10,12-13,15H,1-3,6-7,9H2. The molecule has 2 unspecified atom stereocenters. The average molecular weight is 205 g/mol. The highest BCUT2D eigenvalue weighted by molar-refractivity contribution is 5.09. The molecule has 1 heterocycles. The van der Waals surface area contributed by atoms with Crippen LogP contribution in [0.4, 0.5) is 0 Å². The second kappa shape index (κ2) is 5.26. The van der Waals surface area contributed by atoms with Gasteiger partial charge in [0.1, 0.15) is 0 Å². The van der Waals surface area contributed by atoms with Crippen LogP contribution >= 0.6 is 0 Å². The Kier molecular flexibility index (Phi) is 3.73. The summed E-state index contributed by atoms with van der Waals surface area (Å²) in [5.74, 6) is 0.441. The number of pyridine rings is 1. The molecule has 0 spiro atoms. The summed E-state index contributed by atoms with van der Waals surface area (Å²) in [4.78, 5) is 4.12. The Morgan fingerprint density at radius 1 is 1.27 bits per heavy atom. The van der Waals surface area contributed by atoms with Gasteiger partial charge in [-0.1, -0.05) is 25.3 Å². The molecular formula is C13H19NO. The van der Waals surface area contributed by atoms with Gasteiger partial charge < -0.3 is 5.11 Å². The maximum absolute atomic E-state index is 9.99. The van der Waals surface area contributed by atoms with Crippen LogP contribution in [0, 0.1) is 5.92 Å². The zero-order valence-corrected chi connectivity index (χ0v) is 9.10. The lowest BCUT2D eigenvalue weighted by Crippen LogP contribution is -2.21. The highest BCUT2D eigenvalue weighted by Gasteiger charge is 2.21. The quantitative estimate of drug-likeness (QED) is 0.753. The van der Waals surface area contributed by atoms with Crippen LogP contribution in [-0.4, -0.2) is 16.2 Å². The van der Waals surface area contributed by atoms with E-state index in [9.17, 15) is 5.11 Å². The summed E-state index contributed by atoms with van der Waals surface area (Å²) in [5.41, 5.74) is 1.25. The second-order valence-electron chi connectivity index (χ2n) is 4.53. The first kappa shape index (κ1) is 10.6. The number of aliphatic hydroxyl groups is 1. The molecule has 1 N–H and O–H groups in total. The molecule has 2 nitrogen and oxygen atoms in total. The number of aromatic nitrogens is 1. The van der Waals surface area contributed by atoms with E-state index in [-0.39, 0.29) is 6.10 Å². The van der Waals surface area contributed by atoms with E-state index < -0.39 is 0 Å². The Morgan fingerprint density at radius 2 is 2.13 bits per heavy atom. The van der Waals surface area contributed by atoms with E-state index in [1.54, 1.807) is 6.20 Å². The summed E-state index contributed by atoms with van der Waals surface area (Å²) in [7, 11) is 0. The van der Waals surface area contributed by atoms with Gasteiger partial charge in [-0.05, 0) is 36.8 Å². The van der Waals surface area contributed by atoms with Crippen LogP contribution < -0.4 is 0 Å². The Labute approximate surface area is 91.4 Å². The van der Waals surface area contributed by atoms with Crippen molar-refractivity contribution in [2.45, 2.75) is 44.6 Å². The number of rotatable bonds is 2. The minimum atomic E-state index is -0.104. The Bertz CT molecular complexity index is 286. The van der Waals surface area contributed by atoms with Crippen LogP contribution in [0.5, 0.6) is 0 Å². The normalized spacial score (nSPS) is 27.3. The van der Waals surface area contributed by atoms with Crippen LogP contribution in [0.3, 0.4) is 0 Å². The van der Waals surface area contributed by atoms with Gasteiger partial charge in [0.05, 0.1) is 6.10 Å². The zero-order valence-electron chi connectivity index (χ0n) is 9.10. The minimum absolute atomic E-state index is 0.104. The van der Waals surface area contributed by atoms with Gasteiger partial charge in [-0.15, -0.1) is 0 Å². The van der Waals surface area contributed by atoms with E-state index >= 15 is 0 Å². The first-order valence-electron chi connectivity index (χ1n) is 5.93. The summed E-state index contributed by atoms with van der Waals surface area (Å²) >= 11 is 0. The van der Waals surface area contributed by atoms with Crippen molar-refractivity contribution in [3.63, 3.8) is 0 Å². The molecule has 1 aromatic heterocycles. The SMILES string of the molecule is OC1CCCCCC1Cc1cccnc1. The summed E-state index contributed by atoms with van der Waals surface area (Å²) in [6, 6.07) is 4.07. The van der Waals surface area contributed by atoms with Gasteiger partial charge in [0.15, 0.2) is 0 Å². The lowest BCUT2D eigenvalue weighted by molar-refractivity contribution is 0.101. The predicted molar refractivity (Wildman–Crippen MR) is 60.5 cm³/mol. The third-order valence-corrected chi connectivity index (χ3v) is 3.34. The Balaban J connectivity index is 1.97. The van der Waals surface area contributed by atoms with Gasteiger partial charge in [0.25, 0.3) is 0 Å². The van der Waals surface area contributed by atoms with Gasteiger partial charge in [0, 0.05) is 12.4 Å². The highest BCUT2D eigenvalue weighted by atomic mass is 16.3. The molecule has 1 aliphatic rings. The molecule has 0 aliphatic heterocycles. The number of nitrogens with zero attached hydrogens (tertiary/aromatic N) is 1. The van der Waals surface area contributed by atoms with E-state index in [2.05, 4.69) is 11.1 Å². The fourth-order valence-electron chi connectivity index (χ4n) is 2.42. The molecule has 1 aliphatic carbocycles. The molecule has 2 atom stereocenters. The molecular weight excluding hydrogens is 186 g/mol. The van der Waals surface area contributed by atoms with Crippen molar-refractivity contribution >= 4 is 0 Å². The first-order valence-corrected chi connectivity index (χ1v) is 5.93. The summed E-state index contributed by atoms with van der Waals surface area (Å²) < 4.78 is 0. The molecule has 2 rings (SSSR count). The fraction of sp³-hybridized carbons (Fsp3) is 0.615. The molecule has 1 aromatic rings. The second-order valence-corrected chi connectivity index (χ2v) is 4.53. The van der Waals surface area contributed by atoms with E-state index in [4.69, 9.17) is 0 Å². The van der Waals surface area contributed by atoms with Crippen molar-refractivity contribution in [2.24, 2.45) is 5.92 Å². The summed E-state index contributed by atoms with van der Waals surface area (Å²) in [6.07, 6.45) is 10.5. The molecule has 82 valence electrons. The van der Waals surface area contributed by atoms with Crippen molar-refractivity contribution in [1.29, 1.82) is 0 Å². The lowest BCUT2D eigenvalue weighted by atomic mass is 9.91. The van der Waals surface area contributed by atoms with Crippen LogP contribution in [0.25, 0.3) is 0 Å². The summed E-state index contributed by atoms with van der Waals surface area (Å²) in [5, 5.41) is 9.99. The summed E-state index contributed by atoms with van der Waals surface area (Å²) in [6.45, 7) is 0. The van der Waals surface area contributed by atoms with E-state index in [1.807, 2.05) is 12.3 Å². The number of hydrogen-bond acceptors (Lipinski definition) is 2. The third-order valence-electron chi connectivity index (χ3n) is 3.34. The number of aliphatic hydroxyl groups excluding tert-OH is 1. The average Bonchev–Trinajstić information content (AvgIpc) is 2.46. The largest absolute Gasteiger partial charge is 0.393 e. The maximum atomic E-state index is 9.99. The predicted octanol–water partition coefficient (Wildman–Crippen LogP) is 2.57. The van der Waals surface area contributed by atoms with Crippen molar-refractivity contribution < 1.29 is 5.11 Å². The van der Waals surface area contributed by atoms with Crippen LogP contribution in [0.15, 0.2) is 24.5 Å². The topological polar surface area (TPSA) is 33.1 Å². The molecule has 1 fully saturated rings. The van der Waals surface area contributed by atoms with Gasteiger partial charge in [-0.25, -0.2) is 0 Å². The Hall–Kier alpha value is -0.890. The van der Waals surface area contributed by atoms with Crippen LogP contribution in [-0.2, 0) is 6.42 Å². The molecule has 1 saturated carbocycles. The Morgan fingerprint density at radius 3 is 2.93 bits per heavy atom. The third kappa shape index (κ3) is 3.03. The van der Waals surface area contributed by atoms with Gasteiger partial charge in [-0.2, -0.15) is 0 Å². The zero-order chi connectivity index (χ0) is 10.5. The van der Waals surface area contributed by atoms with Crippen LogP contribution in [0.1, 0.15) is 37.7 Å². The van der Waals surface area contributed by atoms with Gasteiger partial charge in [0.2, 0.25) is 0 Å². The molecule has 15 heavy (non-hydrogen) atoms. The van der Waals surface area contributed by atoms with Crippen molar-refractivity contribution in [3.8, 4) is 0 Å². The molecule has 0 aromatic carbocycles. The van der Waals surface area contributed by atoms with Crippen molar-refractivity contribution in [3.05, 3.63) is 30.1 Å². The first-order chi connectivity index (χ1) is 7.36. The lowest BCUT2D eigenvalue weighted by Gasteiger charge is -2.19. The van der Waals surface area contributed by atoms with Crippen LogP contribution in [0.2, 0.25) is 0 Å². The van der Waals surface area contributed by atoms with E-state index in [1.165, 1.54) is 24.8 Å². The fourth-order valence-corrected chi connectivity index (χ4v) is 2.42.